The van der Waals surface area contributed by atoms with Crippen molar-refractivity contribution >= 4 is 27.6 Å². The van der Waals surface area contributed by atoms with Crippen LogP contribution in [0.25, 0.3) is 61.4 Å². The van der Waals surface area contributed by atoms with Crippen molar-refractivity contribution in [3.05, 3.63) is 174 Å². The Morgan fingerprint density at radius 3 is 2.12 bits per heavy atom. The molecule has 1 spiro atoms. The van der Waals surface area contributed by atoms with Crippen LogP contribution in [-0.4, -0.2) is 9.97 Å². The van der Waals surface area contributed by atoms with Gasteiger partial charge in [-0.3, -0.25) is 0 Å². The van der Waals surface area contributed by atoms with Gasteiger partial charge in [0.1, 0.15) is 16.8 Å². The first-order valence-electron chi connectivity index (χ1n) is 16.1. The van der Waals surface area contributed by atoms with Gasteiger partial charge in [0.05, 0.1) is 16.8 Å². The van der Waals surface area contributed by atoms with Gasteiger partial charge in [-0.2, -0.15) is 0 Å². The quantitative estimate of drug-likeness (QED) is 0.193. The summed E-state index contributed by atoms with van der Waals surface area (Å²) in [5.74, 6) is 4.29. The van der Waals surface area contributed by atoms with E-state index in [1.807, 2.05) is 72.8 Å². The Morgan fingerprint density at radius 2 is 1.23 bits per heavy atom. The number of para-hydroxylation sites is 4. The Bertz CT molecular complexity index is 2690. The second kappa shape index (κ2) is 9.30. The van der Waals surface area contributed by atoms with Crippen molar-refractivity contribution in [1.82, 2.24) is 9.97 Å². The summed E-state index contributed by atoms with van der Waals surface area (Å²) in [5.41, 5.74) is 9.08. The van der Waals surface area contributed by atoms with Crippen molar-refractivity contribution in [3.63, 3.8) is 0 Å². The molecule has 0 radical (unpaired) electrons. The number of hydrogen-bond donors (Lipinski definition) is 0. The van der Waals surface area contributed by atoms with Gasteiger partial charge in [0.2, 0.25) is 0 Å². The van der Waals surface area contributed by atoms with E-state index in [0.29, 0.717) is 23.1 Å². The van der Waals surface area contributed by atoms with Crippen LogP contribution in [0.2, 0.25) is 0 Å². The van der Waals surface area contributed by atoms with Gasteiger partial charge < -0.3 is 13.9 Å². The summed E-state index contributed by atoms with van der Waals surface area (Å²) in [6.07, 6.45) is 0. The van der Waals surface area contributed by atoms with Gasteiger partial charge in [0.25, 0.3) is 0 Å². The fourth-order valence-electron chi connectivity index (χ4n) is 7.92. The summed E-state index contributed by atoms with van der Waals surface area (Å²) in [5, 5.41) is 2.02. The predicted octanol–water partition coefficient (Wildman–Crippen LogP) is 10.2. The third-order valence-electron chi connectivity index (χ3n) is 9.94. The Balaban J connectivity index is 1.18. The molecule has 6 aromatic carbocycles. The Kier molecular flexibility index (Phi) is 4.98. The number of ether oxygens (including phenoxy) is 2. The minimum absolute atomic E-state index is 0.677. The molecule has 3 aliphatic rings. The Labute approximate surface area is 275 Å². The van der Waals surface area contributed by atoms with Crippen molar-refractivity contribution in [3.8, 4) is 45.3 Å². The molecule has 0 saturated heterocycles. The zero-order valence-electron chi connectivity index (χ0n) is 25.5. The molecule has 2 aromatic heterocycles. The van der Waals surface area contributed by atoms with Gasteiger partial charge in [-0.25, -0.2) is 9.97 Å². The monoisotopic (exact) mass is 616 g/mol. The highest BCUT2D eigenvalue weighted by Crippen LogP contribution is 2.65. The van der Waals surface area contributed by atoms with Crippen LogP contribution >= 0.6 is 0 Å². The normalized spacial score (nSPS) is 16.7. The SMILES string of the molecule is c1ccc(-c2nc(-c3ccc4c(c3)-c3ccccc3C43C4=C(Oc5ccccc5O4)c4c3oc3ccccc43)nc3ccccc23)cc1. The summed E-state index contributed by atoms with van der Waals surface area (Å²) in [7, 11) is 0. The number of fused-ring (bicyclic) bond motifs is 13. The number of aromatic nitrogens is 2. The zero-order chi connectivity index (χ0) is 31.4. The molecule has 5 nitrogen and oxygen atoms in total. The van der Waals surface area contributed by atoms with Crippen molar-refractivity contribution in [1.29, 1.82) is 0 Å². The van der Waals surface area contributed by atoms with Crippen LogP contribution < -0.4 is 9.47 Å². The molecular formula is C43H24N2O3. The van der Waals surface area contributed by atoms with Crippen LogP contribution in [0.15, 0.2) is 156 Å². The highest BCUT2D eigenvalue weighted by Gasteiger charge is 2.60. The van der Waals surface area contributed by atoms with E-state index in [4.69, 9.17) is 23.9 Å². The minimum atomic E-state index is -0.846. The average molecular weight is 617 g/mol. The fraction of sp³-hybridized carbons (Fsp3) is 0.0233. The Morgan fingerprint density at radius 1 is 0.521 bits per heavy atom. The number of nitrogens with zero attached hydrogens (tertiary/aromatic N) is 2. The average Bonchev–Trinajstić information content (AvgIpc) is 3.77. The number of furan rings is 1. The van der Waals surface area contributed by atoms with Crippen LogP contribution in [0, 0.1) is 0 Å². The summed E-state index contributed by atoms with van der Waals surface area (Å²) in [4.78, 5) is 10.3. The van der Waals surface area contributed by atoms with Crippen LogP contribution in [0.4, 0.5) is 0 Å². The topological polar surface area (TPSA) is 57.4 Å². The second-order valence-electron chi connectivity index (χ2n) is 12.4. The third kappa shape index (κ3) is 3.24. The van der Waals surface area contributed by atoms with Crippen LogP contribution in [0.1, 0.15) is 22.5 Å². The lowest BCUT2D eigenvalue weighted by atomic mass is 9.76. The lowest BCUT2D eigenvalue weighted by molar-refractivity contribution is 0.306. The summed E-state index contributed by atoms with van der Waals surface area (Å²) in [6, 6.07) is 49.6. The largest absolute Gasteiger partial charge is 0.458 e. The van der Waals surface area contributed by atoms with E-state index in [-0.39, 0.29) is 0 Å². The first-order chi connectivity index (χ1) is 23.8. The lowest BCUT2D eigenvalue weighted by Gasteiger charge is -2.31. The second-order valence-corrected chi connectivity index (χ2v) is 12.4. The van der Waals surface area contributed by atoms with Gasteiger partial charge in [0, 0.05) is 21.9 Å². The molecule has 0 amide bonds. The molecule has 224 valence electrons. The standard InChI is InChI=1S/C43H24N2O3/c1-2-12-25(13-3-1)38-28-15-5-8-18-33(28)44-42(45-38)26-22-23-32-30(24-26)27-14-4-7-17-31(27)43(32)40-37(29-16-6-9-19-34(29)47-40)39-41(43)48-36-21-11-10-20-35(36)46-39/h1-24H. The maximum absolute atomic E-state index is 6.89. The minimum Gasteiger partial charge on any atom is -0.458 e. The highest BCUT2D eigenvalue weighted by molar-refractivity contribution is 6.01. The predicted molar refractivity (Wildman–Crippen MR) is 187 cm³/mol. The molecule has 0 bridgehead atoms. The maximum atomic E-state index is 6.89. The van der Waals surface area contributed by atoms with Gasteiger partial charge in [-0.15, -0.1) is 0 Å². The molecule has 0 N–H and O–H groups in total. The molecule has 8 aromatic rings. The van der Waals surface area contributed by atoms with E-state index in [1.54, 1.807) is 0 Å². The number of allylic oxidation sites excluding steroid dienone is 1. The first kappa shape index (κ1) is 25.7. The van der Waals surface area contributed by atoms with Crippen LogP contribution in [0.3, 0.4) is 0 Å². The third-order valence-corrected chi connectivity index (χ3v) is 9.94. The van der Waals surface area contributed by atoms with Gasteiger partial charge in [-0.05, 0) is 52.6 Å². The number of hydrogen-bond acceptors (Lipinski definition) is 5. The van der Waals surface area contributed by atoms with Gasteiger partial charge >= 0.3 is 0 Å². The molecule has 1 unspecified atom stereocenters. The molecule has 3 heterocycles. The molecule has 2 aliphatic carbocycles. The zero-order valence-corrected chi connectivity index (χ0v) is 25.5. The fourth-order valence-corrected chi connectivity index (χ4v) is 7.92. The molecular weight excluding hydrogens is 592 g/mol. The van der Waals surface area contributed by atoms with E-state index in [2.05, 4.69) is 72.8 Å². The summed E-state index contributed by atoms with van der Waals surface area (Å²) in [6.45, 7) is 0. The van der Waals surface area contributed by atoms with Crippen LogP contribution in [0.5, 0.6) is 11.5 Å². The van der Waals surface area contributed by atoms with Crippen molar-refractivity contribution in [2.45, 2.75) is 5.41 Å². The van der Waals surface area contributed by atoms with E-state index in [9.17, 15) is 0 Å². The molecule has 11 rings (SSSR count). The van der Waals surface area contributed by atoms with Gasteiger partial charge in [0.15, 0.2) is 28.8 Å². The maximum Gasteiger partial charge on any atom is 0.179 e. The molecule has 48 heavy (non-hydrogen) atoms. The van der Waals surface area contributed by atoms with Gasteiger partial charge in [-0.1, -0.05) is 115 Å². The van der Waals surface area contributed by atoms with Crippen molar-refractivity contribution in [2.75, 3.05) is 0 Å². The molecule has 1 aliphatic heterocycles. The van der Waals surface area contributed by atoms with Crippen LogP contribution in [-0.2, 0) is 5.41 Å². The first-order valence-corrected chi connectivity index (χ1v) is 16.1. The molecule has 0 saturated carbocycles. The lowest BCUT2D eigenvalue weighted by Crippen LogP contribution is -2.31. The van der Waals surface area contributed by atoms with Crippen molar-refractivity contribution < 1.29 is 13.9 Å². The summed E-state index contributed by atoms with van der Waals surface area (Å²) < 4.78 is 20.5. The molecule has 1 atom stereocenters. The van der Waals surface area contributed by atoms with E-state index < -0.39 is 5.41 Å². The smallest absolute Gasteiger partial charge is 0.179 e. The van der Waals surface area contributed by atoms with E-state index in [0.717, 1.165) is 78.0 Å². The molecule has 5 heteroatoms. The number of benzene rings is 6. The van der Waals surface area contributed by atoms with Crippen molar-refractivity contribution in [2.24, 2.45) is 0 Å². The van der Waals surface area contributed by atoms with E-state index in [1.165, 1.54) is 0 Å². The Hall–Kier alpha value is -6.46. The molecule has 0 fully saturated rings. The summed E-state index contributed by atoms with van der Waals surface area (Å²) >= 11 is 0. The number of rotatable bonds is 2. The highest BCUT2D eigenvalue weighted by atomic mass is 16.6. The van der Waals surface area contributed by atoms with E-state index >= 15 is 0 Å².